The summed E-state index contributed by atoms with van der Waals surface area (Å²) in [7, 11) is 1.79. The topological polar surface area (TPSA) is 87.1 Å². The second-order valence-electron chi connectivity index (χ2n) is 9.53. The Labute approximate surface area is 205 Å². The molecule has 6 rings (SSSR count). The minimum absolute atomic E-state index is 0.353. The van der Waals surface area contributed by atoms with Crippen LogP contribution in [0.2, 0.25) is 0 Å². The summed E-state index contributed by atoms with van der Waals surface area (Å²) in [5.74, 6) is 1.13. The molecule has 3 aromatic rings. The van der Waals surface area contributed by atoms with Crippen LogP contribution in [0.15, 0.2) is 77.8 Å². The van der Waals surface area contributed by atoms with E-state index in [9.17, 15) is 5.26 Å². The van der Waals surface area contributed by atoms with Gasteiger partial charge in [-0.1, -0.05) is 36.4 Å². The number of nitrogens with zero attached hydrogens (tertiary/aromatic N) is 4. The second-order valence-corrected chi connectivity index (χ2v) is 9.53. The van der Waals surface area contributed by atoms with Crippen LogP contribution in [0.4, 0.5) is 5.69 Å². The summed E-state index contributed by atoms with van der Waals surface area (Å²) in [6.07, 6.45) is 2.30. The van der Waals surface area contributed by atoms with Crippen LogP contribution in [0.3, 0.4) is 0 Å². The molecule has 1 saturated heterocycles. The Hall–Kier alpha value is -4.02. The minimum Gasteiger partial charge on any atom is -0.486 e. The number of hydrogen-bond acceptors (Lipinski definition) is 7. The fourth-order valence-corrected chi connectivity index (χ4v) is 5.49. The van der Waals surface area contributed by atoms with Crippen molar-refractivity contribution >= 4 is 11.6 Å². The van der Waals surface area contributed by atoms with Gasteiger partial charge in [0.25, 0.3) is 0 Å². The number of piperidine rings is 1. The van der Waals surface area contributed by atoms with Gasteiger partial charge in [0.05, 0.1) is 17.2 Å². The van der Waals surface area contributed by atoms with Crippen LogP contribution in [0, 0.1) is 11.3 Å². The van der Waals surface area contributed by atoms with E-state index in [1.54, 1.807) is 18.2 Å². The molecule has 7 heteroatoms. The van der Waals surface area contributed by atoms with Crippen LogP contribution in [0.5, 0.6) is 5.75 Å². The van der Waals surface area contributed by atoms with Gasteiger partial charge < -0.3 is 15.4 Å². The standard InChI is InChI=1S/C28H27N5O2/c1-32-26(30)31-28(35-32)19-27(12-14-33(15-13-27)23-8-3-2-4-9-23)34-25-11-10-22(17-24(25)28)21-7-5-6-20(16-21)18-29/h2-11,16-17H,12-15,19H2,1H3,(H2,30,31). The van der Waals surface area contributed by atoms with Gasteiger partial charge in [-0.2, -0.15) is 5.26 Å². The molecule has 7 nitrogen and oxygen atoms in total. The normalized spacial score (nSPS) is 22.5. The van der Waals surface area contributed by atoms with E-state index in [0.717, 1.165) is 48.4 Å². The Morgan fingerprint density at radius 3 is 2.46 bits per heavy atom. The first-order valence-corrected chi connectivity index (χ1v) is 11.9. The van der Waals surface area contributed by atoms with E-state index in [4.69, 9.17) is 20.3 Å². The Morgan fingerprint density at radius 2 is 1.74 bits per heavy atom. The number of aliphatic imine (C=N–C) groups is 1. The largest absolute Gasteiger partial charge is 0.486 e. The van der Waals surface area contributed by atoms with E-state index in [2.05, 4.69) is 41.3 Å². The van der Waals surface area contributed by atoms with Crippen LogP contribution in [0.25, 0.3) is 11.1 Å². The summed E-state index contributed by atoms with van der Waals surface area (Å²) in [6, 6.07) is 26.4. The zero-order chi connectivity index (χ0) is 24.0. The number of hydroxylamine groups is 2. The third-order valence-corrected chi connectivity index (χ3v) is 7.32. The van der Waals surface area contributed by atoms with E-state index in [-0.39, 0.29) is 0 Å². The molecule has 0 saturated carbocycles. The summed E-state index contributed by atoms with van der Waals surface area (Å²) in [5, 5.41) is 10.9. The molecule has 3 aromatic carbocycles. The highest BCUT2D eigenvalue weighted by atomic mass is 16.7. The number of para-hydroxylation sites is 1. The fourth-order valence-electron chi connectivity index (χ4n) is 5.49. The first-order chi connectivity index (χ1) is 17.0. The number of benzene rings is 3. The van der Waals surface area contributed by atoms with Gasteiger partial charge >= 0.3 is 0 Å². The molecule has 3 aliphatic rings. The number of anilines is 1. The zero-order valence-corrected chi connectivity index (χ0v) is 19.6. The van der Waals surface area contributed by atoms with E-state index in [1.165, 1.54) is 5.69 Å². The van der Waals surface area contributed by atoms with Gasteiger partial charge in [-0.05, 0) is 47.5 Å². The maximum Gasteiger partial charge on any atom is 0.222 e. The fraction of sp³-hybridized carbons (Fsp3) is 0.286. The highest BCUT2D eigenvalue weighted by Gasteiger charge is 2.55. The van der Waals surface area contributed by atoms with E-state index in [0.29, 0.717) is 17.9 Å². The summed E-state index contributed by atoms with van der Waals surface area (Å²) in [6.45, 7) is 1.78. The van der Waals surface area contributed by atoms with Crippen molar-refractivity contribution in [1.82, 2.24) is 5.06 Å². The van der Waals surface area contributed by atoms with E-state index >= 15 is 0 Å². The molecule has 3 heterocycles. The Bertz CT molecular complexity index is 1340. The number of fused-ring (bicyclic) bond motifs is 2. The molecule has 3 aliphatic heterocycles. The smallest absolute Gasteiger partial charge is 0.222 e. The molecule has 0 radical (unpaired) electrons. The number of rotatable bonds is 2. The monoisotopic (exact) mass is 465 g/mol. The minimum atomic E-state index is -0.940. The maximum absolute atomic E-state index is 9.33. The number of ether oxygens (including phenoxy) is 1. The number of nitrogens with two attached hydrogens (primary N) is 1. The van der Waals surface area contributed by atoms with Crippen LogP contribution >= 0.6 is 0 Å². The Kier molecular flexibility index (Phi) is 4.94. The zero-order valence-electron chi connectivity index (χ0n) is 19.6. The third-order valence-electron chi connectivity index (χ3n) is 7.32. The number of hydrogen-bond donors (Lipinski definition) is 1. The number of guanidine groups is 1. The lowest BCUT2D eigenvalue weighted by atomic mass is 9.78. The summed E-state index contributed by atoms with van der Waals surface area (Å²) < 4.78 is 6.75. The molecule has 1 fully saturated rings. The second kappa shape index (κ2) is 8.03. The molecule has 0 bridgehead atoms. The van der Waals surface area contributed by atoms with Crippen molar-refractivity contribution in [2.75, 3.05) is 25.0 Å². The summed E-state index contributed by atoms with van der Waals surface area (Å²) in [5.41, 5.74) is 9.53. The van der Waals surface area contributed by atoms with E-state index < -0.39 is 11.3 Å². The molecule has 1 atom stereocenters. The highest BCUT2D eigenvalue weighted by Crippen LogP contribution is 2.52. The van der Waals surface area contributed by atoms with Crippen LogP contribution < -0.4 is 15.4 Å². The average Bonchev–Trinajstić information content (AvgIpc) is 3.17. The van der Waals surface area contributed by atoms with Crippen LogP contribution in [-0.4, -0.2) is 36.8 Å². The summed E-state index contributed by atoms with van der Waals surface area (Å²) in [4.78, 5) is 13.6. The lowest BCUT2D eigenvalue weighted by molar-refractivity contribution is -0.206. The van der Waals surface area contributed by atoms with Gasteiger partial charge in [-0.15, -0.1) is 0 Å². The molecule has 0 amide bonds. The molecule has 2 spiro atoms. The number of nitriles is 1. The predicted octanol–water partition coefficient (Wildman–Crippen LogP) is 4.39. The van der Waals surface area contributed by atoms with Gasteiger partial charge in [0.15, 0.2) is 0 Å². The predicted molar refractivity (Wildman–Crippen MR) is 135 cm³/mol. The van der Waals surface area contributed by atoms with Crippen molar-refractivity contribution in [3.05, 3.63) is 83.9 Å². The van der Waals surface area contributed by atoms with Gasteiger partial charge in [-0.3, -0.25) is 0 Å². The summed E-state index contributed by atoms with van der Waals surface area (Å²) >= 11 is 0. The maximum atomic E-state index is 9.33. The van der Waals surface area contributed by atoms with Crippen LogP contribution in [0.1, 0.15) is 30.4 Å². The van der Waals surface area contributed by atoms with Gasteiger partial charge in [0, 0.05) is 45.1 Å². The third kappa shape index (κ3) is 3.67. The van der Waals surface area contributed by atoms with Crippen molar-refractivity contribution < 1.29 is 9.57 Å². The Morgan fingerprint density at radius 1 is 0.971 bits per heavy atom. The van der Waals surface area contributed by atoms with Crippen molar-refractivity contribution in [3.63, 3.8) is 0 Å². The SMILES string of the molecule is CN1OC2(CC3(CCN(c4ccccc4)CC3)Oc3ccc(-c4cccc(C#N)c4)cc32)N=C1N. The molecular weight excluding hydrogens is 438 g/mol. The van der Waals surface area contributed by atoms with Crippen LogP contribution in [-0.2, 0) is 10.6 Å². The lowest BCUT2D eigenvalue weighted by Crippen LogP contribution is -2.54. The Balaban J connectivity index is 1.37. The highest BCUT2D eigenvalue weighted by molar-refractivity contribution is 5.79. The van der Waals surface area contributed by atoms with Gasteiger partial charge in [0.2, 0.25) is 11.7 Å². The average molecular weight is 466 g/mol. The molecular formula is C28H27N5O2. The van der Waals surface area contributed by atoms with Gasteiger partial charge in [-0.25, -0.2) is 14.9 Å². The molecule has 0 aromatic heterocycles. The van der Waals surface area contributed by atoms with Crippen molar-refractivity contribution in [2.45, 2.75) is 30.6 Å². The molecule has 2 N–H and O–H groups in total. The quantitative estimate of drug-likeness (QED) is 0.604. The van der Waals surface area contributed by atoms with Crippen molar-refractivity contribution in [1.29, 1.82) is 5.26 Å². The van der Waals surface area contributed by atoms with E-state index in [1.807, 2.05) is 36.4 Å². The van der Waals surface area contributed by atoms with Crippen molar-refractivity contribution in [3.8, 4) is 22.9 Å². The van der Waals surface area contributed by atoms with Crippen molar-refractivity contribution in [2.24, 2.45) is 10.7 Å². The lowest BCUT2D eigenvalue weighted by Gasteiger charge is -2.49. The molecule has 1 unspecified atom stereocenters. The first-order valence-electron chi connectivity index (χ1n) is 11.9. The molecule has 0 aliphatic carbocycles. The first kappa shape index (κ1) is 21.5. The molecule has 176 valence electrons. The van der Waals surface area contributed by atoms with Gasteiger partial charge in [0.1, 0.15) is 11.4 Å². The molecule has 35 heavy (non-hydrogen) atoms.